The van der Waals surface area contributed by atoms with Crippen molar-refractivity contribution in [1.29, 1.82) is 0 Å². The Morgan fingerprint density at radius 3 is 2.04 bits per heavy atom. The van der Waals surface area contributed by atoms with Crippen molar-refractivity contribution in [2.45, 2.75) is 24.7 Å². The molecule has 46 heavy (non-hydrogen) atoms. The molecule has 0 aromatic heterocycles. The summed E-state index contributed by atoms with van der Waals surface area (Å²) in [4.78, 5) is 40.1. The molecule has 3 amide bonds. The van der Waals surface area contributed by atoms with Crippen LogP contribution in [-0.2, 0) is 9.59 Å². The van der Waals surface area contributed by atoms with Crippen LogP contribution in [0.1, 0.15) is 41.3 Å². The molecule has 0 unspecified atom stereocenters. The van der Waals surface area contributed by atoms with Gasteiger partial charge in [0.2, 0.25) is 11.7 Å². The van der Waals surface area contributed by atoms with Crippen LogP contribution in [0.15, 0.2) is 102 Å². The summed E-state index contributed by atoms with van der Waals surface area (Å²) >= 11 is 1.34. The van der Waals surface area contributed by atoms with Crippen molar-refractivity contribution < 1.29 is 28.6 Å². The zero-order chi connectivity index (χ0) is 33.1. The Morgan fingerprint density at radius 2 is 1.43 bits per heavy atom. The lowest BCUT2D eigenvalue weighted by atomic mass is 10.0. The van der Waals surface area contributed by atoms with Crippen LogP contribution >= 0.6 is 11.8 Å². The third-order valence-electron chi connectivity index (χ3n) is 6.85. The standard InChI is InChI=1S/C36H37N3O6S/c1-23(2)25-14-16-27(17-15-25)37-33(40)22-46-29-13-9-12-28(21-29)38-36(42)30(39-35(41)26-10-7-6-8-11-26)18-24-19-31(43-3)34(45-5)32(20-24)44-4/h6-21,23H,22H2,1-5H3,(H,37,40)(H,38,42)(H,39,41)/b30-18+. The Morgan fingerprint density at radius 1 is 0.761 bits per heavy atom. The molecular formula is C36H37N3O6S. The van der Waals surface area contributed by atoms with Crippen molar-refractivity contribution in [2.24, 2.45) is 0 Å². The average Bonchev–Trinajstić information content (AvgIpc) is 3.07. The van der Waals surface area contributed by atoms with Crippen LogP contribution in [0.25, 0.3) is 6.08 Å². The van der Waals surface area contributed by atoms with Crippen molar-refractivity contribution >= 4 is 46.9 Å². The number of methoxy groups -OCH3 is 3. The van der Waals surface area contributed by atoms with Gasteiger partial charge in [0.25, 0.3) is 11.8 Å². The third-order valence-corrected chi connectivity index (χ3v) is 7.84. The number of carbonyl (C=O) groups excluding carboxylic acids is 3. The molecule has 0 saturated carbocycles. The molecule has 10 heteroatoms. The van der Waals surface area contributed by atoms with Gasteiger partial charge < -0.3 is 30.2 Å². The first-order valence-electron chi connectivity index (χ1n) is 14.5. The second kappa shape index (κ2) is 16.2. The molecule has 4 aromatic rings. The van der Waals surface area contributed by atoms with Gasteiger partial charge in [0.1, 0.15) is 5.70 Å². The summed E-state index contributed by atoms with van der Waals surface area (Å²) in [7, 11) is 4.49. The maximum Gasteiger partial charge on any atom is 0.272 e. The Hall–Kier alpha value is -5.22. The molecule has 0 aliphatic carbocycles. The number of carbonyl (C=O) groups is 3. The van der Waals surface area contributed by atoms with Gasteiger partial charge in [0, 0.05) is 21.8 Å². The fourth-order valence-electron chi connectivity index (χ4n) is 4.45. The number of anilines is 2. The summed E-state index contributed by atoms with van der Waals surface area (Å²) in [5, 5.41) is 8.51. The van der Waals surface area contributed by atoms with Gasteiger partial charge in [-0.1, -0.05) is 50.2 Å². The predicted molar refractivity (Wildman–Crippen MR) is 183 cm³/mol. The molecule has 0 aliphatic heterocycles. The van der Waals surface area contributed by atoms with Gasteiger partial charge in [-0.3, -0.25) is 14.4 Å². The molecule has 0 heterocycles. The summed E-state index contributed by atoms with van der Waals surface area (Å²) < 4.78 is 16.3. The van der Waals surface area contributed by atoms with Crippen molar-refractivity contribution in [3.05, 3.63) is 113 Å². The van der Waals surface area contributed by atoms with Gasteiger partial charge in [-0.05, 0) is 77.7 Å². The number of amides is 3. The van der Waals surface area contributed by atoms with Crippen molar-refractivity contribution in [1.82, 2.24) is 5.32 Å². The van der Waals surface area contributed by atoms with E-state index in [0.717, 1.165) is 10.6 Å². The molecule has 0 aliphatic rings. The molecule has 4 rings (SSSR count). The van der Waals surface area contributed by atoms with Gasteiger partial charge in [-0.25, -0.2) is 0 Å². The summed E-state index contributed by atoms with van der Waals surface area (Å²) in [6, 6.07) is 26.9. The second-order valence-electron chi connectivity index (χ2n) is 10.4. The van der Waals surface area contributed by atoms with E-state index in [1.54, 1.807) is 60.7 Å². The molecule has 0 fully saturated rings. The van der Waals surface area contributed by atoms with E-state index in [1.807, 2.05) is 30.3 Å². The maximum absolute atomic E-state index is 13.6. The number of rotatable bonds is 13. The quantitative estimate of drug-likeness (QED) is 0.107. The molecule has 0 spiro atoms. The van der Waals surface area contributed by atoms with Crippen molar-refractivity contribution in [3.63, 3.8) is 0 Å². The van der Waals surface area contributed by atoms with Crippen molar-refractivity contribution in [3.8, 4) is 17.2 Å². The largest absolute Gasteiger partial charge is 0.493 e. The van der Waals surface area contributed by atoms with E-state index in [9.17, 15) is 14.4 Å². The number of benzene rings is 4. The van der Waals surface area contributed by atoms with Crippen LogP contribution in [0.5, 0.6) is 17.2 Å². The van der Waals surface area contributed by atoms with Gasteiger partial charge in [-0.15, -0.1) is 11.8 Å². The Kier molecular flexibility index (Phi) is 11.9. The van der Waals surface area contributed by atoms with Crippen LogP contribution < -0.4 is 30.2 Å². The zero-order valence-corrected chi connectivity index (χ0v) is 27.2. The van der Waals surface area contributed by atoms with Crippen LogP contribution in [-0.4, -0.2) is 44.8 Å². The second-order valence-corrected chi connectivity index (χ2v) is 11.5. The minimum Gasteiger partial charge on any atom is -0.493 e. The zero-order valence-electron chi connectivity index (χ0n) is 26.4. The molecule has 0 atom stereocenters. The van der Waals surface area contributed by atoms with Crippen LogP contribution in [0.4, 0.5) is 11.4 Å². The molecular weight excluding hydrogens is 602 g/mol. The van der Waals surface area contributed by atoms with Crippen molar-refractivity contribution in [2.75, 3.05) is 37.7 Å². The number of hydrogen-bond acceptors (Lipinski definition) is 7. The lowest BCUT2D eigenvalue weighted by Gasteiger charge is -2.15. The van der Waals surface area contributed by atoms with Gasteiger partial charge >= 0.3 is 0 Å². The SMILES string of the molecule is COc1cc(/C=C(/NC(=O)c2ccccc2)C(=O)Nc2cccc(SCC(=O)Nc3ccc(C(C)C)cc3)c2)cc(OC)c1OC. The van der Waals surface area contributed by atoms with E-state index in [-0.39, 0.29) is 17.4 Å². The molecule has 0 radical (unpaired) electrons. The first kappa shape index (κ1) is 33.7. The van der Waals surface area contributed by atoms with E-state index in [2.05, 4.69) is 29.8 Å². The summed E-state index contributed by atoms with van der Waals surface area (Å²) in [6.07, 6.45) is 1.53. The highest BCUT2D eigenvalue weighted by Crippen LogP contribution is 2.38. The van der Waals surface area contributed by atoms with E-state index < -0.39 is 11.8 Å². The van der Waals surface area contributed by atoms with Crippen LogP contribution in [0.2, 0.25) is 0 Å². The summed E-state index contributed by atoms with van der Waals surface area (Å²) in [5.74, 6) is 0.625. The minimum atomic E-state index is -0.553. The Balaban J connectivity index is 1.51. The maximum atomic E-state index is 13.6. The van der Waals surface area contributed by atoms with E-state index in [1.165, 1.54) is 44.7 Å². The molecule has 0 bridgehead atoms. The summed E-state index contributed by atoms with van der Waals surface area (Å²) in [6.45, 7) is 4.24. The van der Waals surface area contributed by atoms with E-state index in [4.69, 9.17) is 14.2 Å². The van der Waals surface area contributed by atoms with Crippen LogP contribution in [0, 0.1) is 0 Å². The lowest BCUT2D eigenvalue weighted by Crippen LogP contribution is -2.30. The first-order valence-corrected chi connectivity index (χ1v) is 15.5. The number of nitrogens with one attached hydrogen (secondary N) is 3. The van der Waals surface area contributed by atoms with Crippen LogP contribution in [0.3, 0.4) is 0 Å². The molecule has 3 N–H and O–H groups in total. The number of ether oxygens (including phenoxy) is 3. The number of hydrogen-bond donors (Lipinski definition) is 3. The molecule has 0 saturated heterocycles. The summed E-state index contributed by atoms with van der Waals surface area (Å²) in [5.41, 5.74) is 3.33. The number of thioether (sulfide) groups is 1. The predicted octanol–water partition coefficient (Wildman–Crippen LogP) is 6.98. The molecule has 238 valence electrons. The highest BCUT2D eigenvalue weighted by Gasteiger charge is 2.18. The first-order chi connectivity index (χ1) is 22.2. The van der Waals surface area contributed by atoms with E-state index >= 15 is 0 Å². The van der Waals surface area contributed by atoms with E-state index in [0.29, 0.717) is 40.0 Å². The average molecular weight is 640 g/mol. The monoisotopic (exact) mass is 639 g/mol. The molecule has 9 nitrogen and oxygen atoms in total. The lowest BCUT2D eigenvalue weighted by molar-refractivity contribution is -0.114. The smallest absolute Gasteiger partial charge is 0.272 e. The fraction of sp³-hybridized carbons (Fsp3) is 0.194. The van der Waals surface area contributed by atoms with Gasteiger partial charge in [-0.2, -0.15) is 0 Å². The van der Waals surface area contributed by atoms with Gasteiger partial charge in [0.15, 0.2) is 11.5 Å². The topological polar surface area (TPSA) is 115 Å². The van der Waals surface area contributed by atoms with Gasteiger partial charge in [0.05, 0.1) is 27.1 Å². The Bertz CT molecular complexity index is 1680. The highest BCUT2D eigenvalue weighted by molar-refractivity contribution is 8.00. The highest BCUT2D eigenvalue weighted by atomic mass is 32.2. The fourth-order valence-corrected chi connectivity index (χ4v) is 5.21. The normalized spacial score (nSPS) is 11.0. The molecule has 4 aromatic carbocycles. The third kappa shape index (κ3) is 9.15. The Labute approximate surface area is 273 Å². The minimum absolute atomic E-state index is 0.0101.